The molecule has 1 fully saturated rings. The van der Waals surface area contributed by atoms with Gasteiger partial charge in [0.25, 0.3) is 0 Å². The highest BCUT2D eigenvalue weighted by Crippen LogP contribution is 2.39. The lowest BCUT2D eigenvalue weighted by atomic mass is 9.97. The summed E-state index contributed by atoms with van der Waals surface area (Å²) in [5.41, 5.74) is 1.85. The van der Waals surface area contributed by atoms with Gasteiger partial charge in [-0.2, -0.15) is 0 Å². The van der Waals surface area contributed by atoms with Gasteiger partial charge in [0.2, 0.25) is 15.9 Å². The Morgan fingerprint density at radius 1 is 1.09 bits per heavy atom. The average Bonchev–Trinajstić information content (AvgIpc) is 3.12. The van der Waals surface area contributed by atoms with Crippen LogP contribution in [0.15, 0.2) is 65.6 Å². The smallest absolute Gasteiger partial charge is 0.238 e. The first-order valence-corrected chi connectivity index (χ1v) is 11.7. The van der Waals surface area contributed by atoms with E-state index < -0.39 is 10.0 Å². The lowest BCUT2D eigenvalue weighted by molar-refractivity contribution is -0.117. The molecule has 3 aromatic rings. The van der Waals surface area contributed by atoms with Gasteiger partial charge in [0.05, 0.1) is 4.90 Å². The average molecular weight is 475 g/mol. The summed E-state index contributed by atoms with van der Waals surface area (Å²) in [7, 11) is -3.81. The Morgan fingerprint density at radius 3 is 2.47 bits per heavy atom. The molecule has 1 saturated heterocycles. The molecule has 0 unspecified atom stereocenters. The monoisotopic (exact) mass is 474 g/mol. The third kappa shape index (κ3) is 4.62. The van der Waals surface area contributed by atoms with Crippen LogP contribution in [0, 0.1) is 12.7 Å². The molecule has 0 aromatic heterocycles. The van der Waals surface area contributed by atoms with Crippen LogP contribution in [-0.2, 0) is 14.8 Å². The minimum atomic E-state index is -3.81. The molecular weight excluding hydrogens is 455 g/mol. The van der Waals surface area contributed by atoms with Crippen molar-refractivity contribution < 1.29 is 22.3 Å². The Bertz CT molecular complexity index is 1300. The summed E-state index contributed by atoms with van der Waals surface area (Å²) in [5.74, 6) is 0.0983. The van der Waals surface area contributed by atoms with Crippen LogP contribution in [-0.4, -0.2) is 20.9 Å². The lowest BCUT2D eigenvalue weighted by Gasteiger charge is -2.19. The van der Waals surface area contributed by atoms with Gasteiger partial charge in [-0.3, -0.25) is 4.79 Å². The number of rotatable bonds is 5. The van der Waals surface area contributed by atoms with Crippen LogP contribution >= 0.6 is 11.6 Å². The van der Waals surface area contributed by atoms with Crippen LogP contribution in [0.2, 0.25) is 5.02 Å². The molecule has 3 aromatic carbocycles. The van der Waals surface area contributed by atoms with Crippen molar-refractivity contribution >= 4 is 33.2 Å². The number of hydrogen-bond donors (Lipinski definition) is 1. The number of amides is 1. The highest BCUT2D eigenvalue weighted by molar-refractivity contribution is 7.89. The molecule has 166 valence electrons. The minimum absolute atomic E-state index is 0.0248. The second kappa shape index (κ2) is 8.54. The number of nitrogens with two attached hydrogens (primary N) is 1. The van der Waals surface area contributed by atoms with E-state index in [1.54, 1.807) is 54.3 Å². The Morgan fingerprint density at radius 2 is 1.81 bits per heavy atom. The van der Waals surface area contributed by atoms with Gasteiger partial charge in [-0.15, -0.1) is 0 Å². The van der Waals surface area contributed by atoms with Gasteiger partial charge in [0.15, 0.2) is 0 Å². The van der Waals surface area contributed by atoms with Gasteiger partial charge >= 0.3 is 0 Å². The third-order valence-electron chi connectivity index (χ3n) is 5.39. The zero-order chi connectivity index (χ0) is 23.0. The number of benzene rings is 3. The van der Waals surface area contributed by atoms with Gasteiger partial charge in [-0.05, 0) is 55.0 Å². The highest BCUT2D eigenvalue weighted by Gasteiger charge is 2.33. The molecule has 2 N–H and O–H groups in total. The molecule has 0 spiro atoms. The van der Waals surface area contributed by atoms with Crippen molar-refractivity contribution in [1.82, 2.24) is 0 Å². The number of primary sulfonamides is 1. The lowest BCUT2D eigenvalue weighted by Crippen LogP contribution is -2.24. The molecule has 6 nitrogen and oxygen atoms in total. The Hall–Kier alpha value is -2.94. The van der Waals surface area contributed by atoms with Crippen LogP contribution in [0.5, 0.6) is 11.5 Å². The number of anilines is 1. The van der Waals surface area contributed by atoms with Crippen molar-refractivity contribution in [2.24, 2.45) is 5.14 Å². The largest absolute Gasteiger partial charge is 0.457 e. The number of halogens is 2. The third-order valence-corrected chi connectivity index (χ3v) is 6.55. The molecule has 1 heterocycles. The second-order valence-electron chi connectivity index (χ2n) is 7.64. The molecular formula is C23H20ClFN2O4S. The van der Waals surface area contributed by atoms with E-state index in [1.807, 2.05) is 0 Å². The zero-order valence-electron chi connectivity index (χ0n) is 17.1. The fourth-order valence-corrected chi connectivity index (χ4v) is 4.36. The normalized spacial score (nSPS) is 16.4. The molecule has 1 amide bonds. The van der Waals surface area contributed by atoms with Crippen molar-refractivity contribution in [3.63, 3.8) is 0 Å². The first-order chi connectivity index (χ1) is 15.1. The van der Waals surface area contributed by atoms with Crippen molar-refractivity contribution in [2.75, 3.05) is 11.4 Å². The Labute approximate surface area is 190 Å². The maximum Gasteiger partial charge on any atom is 0.238 e. The maximum absolute atomic E-state index is 14.0. The summed E-state index contributed by atoms with van der Waals surface area (Å²) < 4.78 is 42.8. The van der Waals surface area contributed by atoms with Crippen molar-refractivity contribution in [3.8, 4) is 11.5 Å². The topological polar surface area (TPSA) is 89.7 Å². The van der Waals surface area contributed by atoms with E-state index in [9.17, 15) is 17.6 Å². The molecule has 1 aliphatic heterocycles. The number of sulfonamides is 1. The summed E-state index contributed by atoms with van der Waals surface area (Å²) in [4.78, 5) is 14.3. The summed E-state index contributed by atoms with van der Waals surface area (Å²) in [6.07, 6.45) is 0.233. The molecule has 4 rings (SSSR count). The number of hydrogen-bond acceptors (Lipinski definition) is 4. The van der Waals surface area contributed by atoms with E-state index in [0.29, 0.717) is 34.3 Å². The molecule has 0 bridgehead atoms. The number of nitrogens with zero attached hydrogens (tertiary/aromatic N) is 1. The van der Waals surface area contributed by atoms with E-state index in [4.69, 9.17) is 21.5 Å². The molecule has 0 saturated carbocycles. The van der Waals surface area contributed by atoms with E-state index in [-0.39, 0.29) is 29.0 Å². The van der Waals surface area contributed by atoms with Gasteiger partial charge in [-0.1, -0.05) is 23.7 Å². The first kappa shape index (κ1) is 22.3. The number of aryl methyl sites for hydroxylation is 1. The van der Waals surface area contributed by atoms with Crippen LogP contribution in [0.4, 0.5) is 10.1 Å². The van der Waals surface area contributed by atoms with Crippen LogP contribution in [0.3, 0.4) is 0 Å². The molecule has 1 aliphatic rings. The predicted molar refractivity (Wildman–Crippen MR) is 120 cm³/mol. The van der Waals surface area contributed by atoms with Crippen LogP contribution in [0.1, 0.15) is 23.5 Å². The van der Waals surface area contributed by atoms with Gasteiger partial charge in [0, 0.05) is 41.2 Å². The summed E-state index contributed by atoms with van der Waals surface area (Å²) >= 11 is 6.16. The zero-order valence-corrected chi connectivity index (χ0v) is 18.7. The number of carbonyl (C=O) groups is 1. The van der Waals surface area contributed by atoms with E-state index >= 15 is 0 Å². The fourth-order valence-electron chi connectivity index (χ4n) is 3.68. The Kier molecular flexibility index (Phi) is 5.94. The molecule has 0 radical (unpaired) electrons. The number of carbonyl (C=O) groups excluding carboxylic acids is 1. The predicted octanol–water partition coefficient (Wildman–Crippen LogP) is 4.75. The van der Waals surface area contributed by atoms with Crippen LogP contribution in [0.25, 0.3) is 0 Å². The minimum Gasteiger partial charge on any atom is -0.457 e. The highest BCUT2D eigenvalue weighted by atomic mass is 35.5. The van der Waals surface area contributed by atoms with Crippen LogP contribution < -0.4 is 14.8 Å². The van der Waals surface area contributed by atoms with Crippen molar-refractivity contribution in [3.05, 3.63) is 82.6 Å². The SMILES string of the molecule is Cc1ccc(Oc2cc(Cl)ccc2[C@H]2CC(=O)N(c3ccc(S(N)(=O)=O)cc3)C2)cc1F. The van der Waals surface area contributed by atoms with E-state index in [1.165, 1.54) is 18.2 Å². The molecule has 1 atom stereocenters. The Balaban J connectivity index is 1.60. The first-order valence-electron chi connectivity index (χ1n) is 9.78. The van der Waals surface area contributed by atoms with Gasteiger partial charge < -0.3 is 9.64 Å². The molecule has 32 heavy (non-hydrogen) atoms. The van der Waals surface area contributed by atoms with Gasteiger partial charge in [0.1, 0.15) is 17.3 Å². The summed E-state index contributed by atoms with van der Waals surface area (Å²) in [5, 5.41) is 5.59. The molecule has 9 heteroatoms. The van der Waals surface area contributed by atoms with Gasteiger partial charge in [-0.25, -0.2) is 17.9 Å². The quantitative estimate of drug-likeness (QED) is 0.578. The standard InChI is InChI=1S/C23H20ClFN2O4S/c1-14-2-6-18(12-21(14)25)31-22-11-16(24)3-9-20(22)15-10-23(28)27(13-15)17-4-7-19(8-5-17)32(26,29)30/h2-9,11-12,15H,10,13H2,1H3,(H2,26,29,30)/t15-/m0/s1. The van der Waals surface area contributed by atoms with E-state index in [0.717, 1.165) is 5.56 Å². The van der Waals surface area contributed by atoms with Crippen molar-refractivity contribution in [1.29, 1.82) is 0 Å². The van der Waals surface area contributed by atoms with Crippen molar-refractivity contribution in [2.45, 2.75) is 24.2 Å². The second-order valence-corrected chi connectivity index (χ2v) is 9.64. The molecule has 0 aliphatic carbocycles. The fraction of sp³-hybridized carbons (Fsp3) is 0.174. The number of ether oxygens (including phenoxy) is 1. The maximum atomic E-state index is 14.0. The summed E-state index contributed by atoms with van der Waals surface area (Å²) in [6, 6.07) is 15.6. The summed E-state index contributed by atoms with van der Waals surface area (Å²) in [6.45, 7) is 2.03. The van der Waals surface area contributed by atoms with E-state index in [2.05, 4.69) is 0 Å².